The van der Waals surface area contributed by atoms with Gasteiger partial charge in [-0.25, -0.2) is 9.18 Å². The summed E-state index contributed by atoms with van der Waals surface area (Å²) >= 11 is 5.72. The van der Waals surface area contributed by atoms with Crippen LogP contribution in [0, 0.1) is 5.82 Å². The molecule has 0 saturated carbocycles. The van der Waals surface area contributed by atoms with Gasteiger partial charge in [0.2, 0.25) is 0 Å². The molecular weight excluding hydrogens is 257 g/mol. The summed E-state index contributed by atoms with van der Waals surface area (Å²) in [4.78, 5) is 11.7. The fraction of sp³-hybridized carbons (Fsp3) is 0.462. The molecule has 1 rings (SSSR count). The molecule has 0 spiro atoms. The number of nitrogens with one attached hydrogen (secondary N) is 1. The standard InChI is InChI=1S/C13H17ClFNO2/c1-4-8(2)16-12(13(17)18-3)9-5-6-11(15)10(14)7-9/h5-8,12,16H,4H2,1-3H3. The van der Waals surface area contributed by atoms with Gasteiger partial charge >= 0.3 is 5.97 Å². The normalized spacial score (nSPS) is 14.1. The zero-order valence-electron chi connectivity index (χ0n) is 10.7. The molecule has 0 aliphatic rings. The lowest BCUT2D eigenvalue weighted by molar-refractivity contribution is -0.143. The smallest absolute Gasteiger partial charge is 0.327 e. The Labute approximate surface area is 111 Å². The number of benzene rings is 1. The van der Waals surface area contributed by atoms with E-state index >= 15 is 0 Å². The second-order valence-electron chi connectivity index (χ2n) is 4.11. The van der Waals surface area contributed by atoms with E-state index in [-0.39, 0.29) is 11.1 Å². The molecule has 18 heavy (non-hydrogen) atoms. The van der Waals surface area contributed by atoms with E-state index in [2.05, 4.69) is 5.32 Å². The van der Waals surface area contributed by atoms with Gasteiger partial charge in [-0.1, -0.05) is 24.6 Å². The van der Waals surface area contributed by atoms with Crippen molar-refractivity contribution in [1.82, 2.24) is 5.32 Å². The Hall–Kier alpha value is -1.13. The van der Waals surface area contributed by atoms with E-state index in [0.29, 0.717) is 5.56 Å². The van der Waals surface area contributed by atoms with E-state index in [4.69, 9.17) is 16.3 Å². The van der Waals surface area contributed by atoms with Crippen molar-refractivity contribution in [2.24, 2.45) is 0 Å². The van der Waals surface area contributed by atoms with Crippen LogP contribution < -0.4 is 5.32 Å². The second kappa shape index (κ2) is 6.71. The van der Waals surface area contributed by atoms with Crippen LogP contribution in [0.1, 0.15) is 31.9 Å². The molecule has 0 amide bonds. The maximum Gasteiger partial charge on any atom is 0.327 e. The fourth-order valence-corrected chi connectivity index (χ4v) is 1.70. The average Bonchev–Trinajstić information content (AvgIpc) is 2.38. The van der Waals surface area contributed by atoms with E-state index in [1.807, 2.05) is 13.8 Å². The zero-order valence-corrected chi connectivity index (χ0v) is 11.4. The number of carbonyl (C=O) groups excluding carboxylic acids is 1. The molecule has 1 aromatic carbocycles. The number of methoxy groups -OCH3 is 1. The van der Waals surface area contributed by atoms with Gasteiger partial charge in [-0.3, -0.25) is 5.32 Å². The molecule has 5 heteroatoms. The summed E-state index contributed by atoms with van der Waals surface area (Å²) in [6.07, 6.45) is 0.864. The van der Waals surface area contributed by atoms with Crippen LogP contribution in [0.15, 0.2) is 18.2 Å². The molecule has 0 heterocycles. The summed E-state index contributed by atoms with van der Waals surface area (Å²) < 4.78 is 17.8. The third-order valence-corrected chi connectivity index (χ3v) is 3.07. The summed E-state index contributed by atoms with van der Waals surface area (Å²) in [7, 11) is 1.32. The molecule has 0 saturated heterocycles. The van der Waals surface area contributed by atoms with Crippen molar-refractivity contribution in [1.29, 1.82) is 0 Å². The van der Waals surface area contributed by atoms with Gasteiger partial charge in [0, 0.05) is 6.04 Å². The topological polar surface area (TPSA) is 38.3 Å². The van der Waals surface area contributed by atoms with E-state index in [1.54, 1.807) is 0 Å². The van der Waals surface area contributed by atoms with Crippen LogP contribution in [0.5, 0.6) is 0 Å². The van der Waals surface area contributed by atoms with Crippen molar-refractivity contribution in [3.05, 3.63) is 34.6 Å². The average molecular weight is 274 g/mol. The van der Waals surface area contributed by atoms with Gasteiger partial charge in [0.15, 0.2) is 0 Å². The molecule has 1 N–H and O–H groups in total. The van der Waals surface area contributed by atoms with Gasteiger partial charge in [-0.2, -0.15) is 0 Å². The van der Waals surface area contributed by atoms with Crippen molar-refractivity contribution in [2.75, 3.05) is 7.11 Å². The van der Waals surface area contributed by atoms with E-state index < -0.39 is 17.8 Å². The Bertz CT molecular complexity index is 425. The van der Waals surface area contributed by atoms with Crippen molar-refractivity contribution in [2.45, 2.75) is 32.4 Å². The van der Waals surface area contributed by atoms with E-state index in [9.17, 15) is 9.18 Å². The van der Waals surface area contributed by atoms with Crippen LogP contribution in [0.2, 0.25) is 5.02 Å². The maximum atomic E-state index is 13.1. The van der Waals surface area contributed by atoms with Gasteiger partial charge in [0.25, 0.3) is 0 Å². The lowest BCUT2D eigenvalue weighted by Gasteiger charge is -2.21. The van der Waals surface area contributed by atoms with Crippen molar-refractivity contribution in [3.63, 3.8) is 0 Å². The first kappa shape index (κ1) is 14.9. The number of rotatable bonds is 5. The van der Waals surface area contributed by atoms with Crippen LogP contribution in [0.25, 0.3) is 0 Å². The zero-order chi connectivity index (χ0) is 13.7. The number of ether oxygens (including phenoxy) is 1. The molecule has 0 aliphatic carbocycles. The minimum absolute atomic E-state index is 0.00708. The first-order valence-corrected chi connectivity index (χ1v) is 6.16. The molecule has 100 valence electrons. The lowest BCUT2D eigenvalue weighted by Crippen LogP contribution is -2.35. The van der Waals surface area contributed by atoms with Crippen LogP contribution in [-0.4, -0.2) is 19.1 Å². The van der Waals surface area contributed by atoms with Crippen LogP contribution in [0.4, 0.5) is 4.39 Å². The Morgan fingerprint density at radius 1 is 1.56 bits per heavy atom. The Balaban J connectivity index is 3.01. The Morgan fingerprint density at radius 3 is 2.72 bits per heavy atom. The van der Waals surface area contributed by atoms with Gasteiger partial charge in [-0.15, -0.1) is 0 Å². The highest BCUT2D eigenvalue weighted by Crippen LogP contribution is 2.22. The molecule has 3 nitrogen and oxygen atoms in total. The number of carbonyl (C=O) groups is 1. The number of hydrogen-bond donors (Lipinski definition) is 1. The molecule has 2 unspecified atom stereocenters. The molecule has 0 aliphatic heterocycles. The minimum atomic E-state index is -0.636. The molecule has 0 bridgehead atoms. The van der Waals surface area contributed by atoms with Crippen molar-refractivity contribution in [3.8, 4) is 0 Å². The molecule has 0 radical (unpaired) electrons. The fourth-order valence-electron chi connectivity index (χ4n) is 1.51. The number of hydrogen-bond acceptors (Lipinski definition) is 3. The molecule has 0 fully saturated rings. The lowest BCUT2D eigenvalue weighted by atomic mass is 10.1. The molecule has 0 aromatic heterocycles. The first-order chi connectivity index (χ1) is 8.49. The predicted molar refractivity (Wildman–Crippen MR) is 69.1 cm³/mol. The van der Waals surface area contributed by atoms with Crippen LogP contribution in [0.3, 0.4) is 0 Å². The largest absolute Gasteiger partial charge is 0.468 e. The highest BCUT2D eigenvalue weighted by Gasteiger charge is 2.23. The number of esters is 1. The van der Waals surface area contributed by atoms with Crippen LogP contribution >= 0.6 is 11.6 Å². The Morgan fingerprint density at radius 2 is 2.22 bits per heavy atom. The number of halogens is 2. The van der Waals surface area contributed by atoms with Gasteiger partial charge in [-0.05, 0) is 31.0 Å². The minimum Gasteiger partial charge on any atom is -0.468 e. The third kappa shape index (κ3) is 3.68. The molecule has 1 aromatic rings. The van der Waals surface area contributed by atoms with Gasteiger partial charge in [0.1, 0.15) is 11.9 Å². The summed E-state index contributed by atoms with van der Waals surface area (Å²) in [5.74, 6) is -0.925. The summed E-state index contributed by atoms with van der Waals surface area (Å²) in [6, 6.07) is 3.71. The first-order valence-electron chi connectivity index (χ1n) is 5.78. The van der Waals surface area contributed by atoms with Gasteiger partial charge in [0.05, 0.1) is 12.1 Å². The molecule has 2 atom stereocenters. The molecular formula is C13H17ClFNO2. The van der Waals surface area contributed by atoms with Crippen LogP contribution in [-0.2, 0) is 9.53 Å². The second-order valence-corrected chi connectivity index (χ2v) is 4.51. The highest BCUT2D eigenvalue weighted by molar-refractivity contribution is 6.30. The quantitative estimate of drug-likeness (QED) is 0.838. The SMILES string of the molecule is CCC(C)NC(C(=O)OC)c1ccc(F)c(Cl)c1. The maximum absolute atomic E-state index is 13.1. The summed E-state index contributed by atoms with van der Waals surface area (Å²) in [5, 5.41) is 3.12. The van der Waals surface area contributed by atoms with E-state index in [1.165, 1.54) is 25.3 Å². The van der Waals surface area contributed by atoms with Crippen molar-refractivity contribution >= 4 is 17.6 Å². The third-order valence-electron chi connectivity index (χ3n) is 2.78. The van der Waals surface area contributed by atoms with Crippen molar-refractivity contribution < 1.29 is 13.9 Å². The van der Waals surface area contributed by atoms with E-state index in [0.717, 1.165) is 6.42 Å². The highest BCUT2D eigenvalue weighted by atomic mass is 35.5. The monoisotopic (exact) mass is 273 g/mol. The predicted octanol–water partition coefficient (Wildman–Crippen LogP) is 3.08. The summed E-state index contributed by atoms with van der Waals surface area (Å²) in [6.45, 7) is 3.96. The van der Waals surface area contributed by atoms with Gasteiger partial charge < -0.3 is 4.74 Å². The summed E-state index contributed by atoms with van der Waals surface area (Å²) in [5.41, 5.74) is 0.591. The Kier molecular flexibility index (Phi) is 5.56.